The van der Waals surface area contributed by atoms with Crippen molar-refractivity contribution in [3.63, 3.8) is 0 Å². The van der Waals surface area contributed by atoms with E-state index in [1.165, 1.54) is 6.21 Å². The van der Waals surface area contributed by atoms with Crippen LogP contribution in [0.15, 0.2) is 26.1 Å². The van der Waals surface area contributed by atoms with Gasteiger partial charge in [0, 0.05) is 18.3 Å². The van der Waals surface area contributed by atoms with Crippen molar-refractivity contribution in [1.82, 2.24) is 0 Å². The molecule has 4 N–H and O–H groups in total. The molecule has 2 heterocycles. The number of amidine groups is 1. The first-order chi connectivity index (χ1) is 6.22. The molecule has 1 amide bonds. The van der Waals surface area contributed by atoms with E-state index in [9.17, 15) is 4.79 Å². The number of aliphatic imine (C=N–C) groups is 3. The van der Waals surface area contributed by atoms with E-state index in [0.29, 0.717) is 17.0 Å². The van der Waals surface area contributed by atoms with Crippen LogP contribution in [-0.2, 0) is 4.79 Å². The highest BCUT2D eigenvalue weighted by molar-refractivity contribution is 6.34. The molecule has 0 saturated heterocycles. The zero-order valence-electron chi connectivity index (χ0n) is 6.69. The zero-order valence-corrected chi connectivity index (χ0v) is 6.69. The molecular formula is C7H7N5O. The number of carbonyl (C=O) groups is 1. The van der Waals surface area contributed by atoms with E-state index in [0.717, 1.165) is 0 Å². The Hall–Kier alpha value is -1.82. The summed E-state index contributed by atoms with van der Waals surface area (Å²) in [6, 6.07) is 0. The molecule has 0 saturated carbocycles. The number of hydrogen-bond donors (Lipinski definition) is 2. The molecule has 0 aliphatic carbocycles. The predicted octanol–water partition coefficient (Wildman–Crippen LogP) is -1.42. The molecule has 0 bridgehead atoms. The molecule has 13 heavy (non-hydrogen) atoms. The molecule has 2 rings (SSSR count). The van der Waals surface area contributed by atoms with Crippen LogP contribution < -0.4 is 11.5 Å². The minimum absolute atomic E-state index is 0.0563. The van der Waals surface area contributed by atoms with Crippen molar-refractivity contribution < 1.29 is 4.79 Å². The van der Waals surface area contributed by atoms with Crippen molar-refractivity contribution in [2.75, 3.05) is 6.54 Å². The van der Waals surface area contributed by atoms with Crippen LogP contribution in [0.3, 0.4) is 0 Å². The summed E-state index contributed by atoms with van der Waals surface area (Å²) in [4.78, 5) is 22.5. The Morgan fingerprint density at radius 3 is 2.85 bits per heavy atom. The Morgan fingerprint density at radius 2 is 2.15 bits per heavy atom. The van der Waals surface area contributed by atoms with Gasteiger partial charge in [0.1, 0.15) is 0 Å². The summed E-state index contributed by atoms with van der Waals surface area (Å²) in [5.74, 6) is -0.155. The van der Waals surface area contributed by atoms with Gasteiger partial charge in [-0.05, 0) is 0 Å². The van der Waals surface area contributed by atoms with Gasteiger partial charge in [-0.1, -0.05) is 0 Å². The van der Waals surface area contributed by atoms with Crippen molar-refractivity contribution in [3.05, 3.63) is 11.1 Å². The molecule has 2 aliphatic rings. The number of amides is 1. The standard InChI is InChI=1S/C7H7N5O/c8-1-3-2-10-5-4(3)6(13)12-7(9)11-5/h2H,1,8H2,(H2,9,12,13). The monoisotopic (exact) mass is 177 g/mol. The summed E-state index contributed by atoms with van der Waals surface area (Å²) in [5.41, 5.74) is 11.7. The van der Waals surface area contributed by atoms with E-state index in [-0.39, 0.29) is 12.5 Å². The zero-order chi connectivity index (χ0) is 9.42. The van der Waals surface area contributed by atoms with Crippen LogP contribution in [-0.4, -0.2) is 30.5 Å². The molecule has 0 atom stereocenters. The van der Waals surface area contributed by atoms with Crippen molar-refractivity contribution in [2.24, 2.45) is 26.4 Å². The van der Waals surface area contributed by atoms with Gasteiger partial charge in [-0.25, -0.2) is 4.99 Å². The summed E-state index contributed by atoms with van der Waals surface area (Å²) < 4.78 is 0. The molecule has 0 radical (unpaired) electrons. The van der Waals surface area contributed by atoms with Gasteiger partial charge in [-0.3, -0.25) is 4.79 Å². The number of carbonyl (C=O) groups excluding carboxylic acids is 1. The van der Waals surface area contributed by atoms with Crippen LogP contribution in [0.4, 0.5) is 0 Å². The lowest BCUT2D eigenvalue weighted by molar-refractivity contribution is -0.113. The van der Waals surface area contributed by atoms with E-state index in [1.54, 1.807) is 0 Å². The maximum Gasteiger partial charge on any atom is 0.284 e. The van der Waals surface area contributed by atoms with Crippen LogP contribution in [0.5, 0.6) is 0 Å². The quantitative estimate of drug-likeness (QED) is 0.513. The number of hydrogen-bond acceptors (Lipinski definition) is 5. The topological polar surface area (TPSA) is 106 Å². The van der Waals surface area contributed by atoms with Crippen LogP contribution in [0.1, 0.15) is 0 Å². The molecule has 0 aromatic heterocycles. The van der Waals surface area contributed by atoms with Gasteiger partial charge < -0.3 is 11.5 Å². The normalized spacial score (nSPS) is 20.2. The molecule has 0 aromatic carbocycles. The number of nitrogens with zero attached hydrogens (tertiary/aromatic N) is 3. The smallest absolute Gasteiger partial charge is 0.284 e. The van der Waals surface area contributed by atoms with E-state index >= 15 is 0 Å². The van der Waals surface area contributed by atoms with E-state index in [1.807, 2.05) is 0 Å². The van der Waals surface area contributed by atoms with Gasteiger partial charge in [-0.2, -0.15) is 9.98 Å². The number of nitrogens with two attached hydrogens (primary N) is 2. The van der Waals surface area contributed by atoms with Gasteiger partial charge in [0.2, 0.25) is 5.96 Å². The second-order valence-electron chi connectivity index (χ2n) is 2.57. The molecule has 0 spiro atoms. The minimum Gasteiger partial charge on any atom is -0.368 e. The van der Waals surface area contributed by atoms with Gasteiger partial charge in [0.05, 0.1) is 5.57 Å². The molecule has 6 nitrogen and oxygen atoms in total. The number of rotatable bonds is 1. The van der Waals surface area contributed by atoms with Crippen LogP contribution in [0.25, 0.3) is 0 Å². The maximum atomic E-state index is 11.3. The number of guanidine groups is 1. The van der Waals surface area contributed by atoms with Crippen LogP contribution in [0.2, 0.25) is 0 Å². The highest BCUT2D eigenvalue weighted by atomic mass is 16.1. The molecule has 0 unspecified atom stereocenters. The summed E-state index contributed by atoms with van der Waals surface area (Å²) >= 11 is 0. The van der Waals surface area contributed by atoms with Crippen molar-refractivity contribution in [1.29, 1.82) is 0 Å². The molecule has 0 aromatic rings. The average molecular weight is 177 g/mol. The molecule has 0 fully saturated rings. The van der Waals surface area contributed by atoms with Gasteiger partial charge in [-0.15, -0.1) is 0 Å². The average Bonchev–Trinajstić information content (AvgIpc) is 2.47. The minimum atomic E-state index is -0.416. The lowest BCUT2D eigenvalue weighted by Gasteiger charge is -2.05. The first-order valence-electron chi connectivity index (χ1n) is 3.67. The van der Waals surface area contributed by atoms with Gasteiger partial charge in [0.15, 0.2) is 5.84 Å². The highest BCUT2D eigenvalue weighted by Gasteiger charge is 2.26. The molecule has 66 valence electrons. The fraction of sp³-hybridized carbons (Fsp3) is 0.143. The van der Waals surface area contributed by atoms with E-state index in [4.69, 9.17) is 11.5 Å². The second-order valence-corrected chi connectivity index (χ2v) is 2.57. The maximum absolute atomic E-state index is 11.3. The molecule has 6 heteroatoms. The predicted molar refractivity (Wildman–Crippen MR) is 48.6 cm³/mol. The largest absolute Gasteiger partial charge is 0.368 e. The summed E-state index contributed by atoms with van der Waals surface area (Å²) in [6.45, 7) is 0.249. The Bertz CT molecular complexity index is 401. The lowest BCUT2D eigenvalue weighted by Crippen LogP contribution is -2.23. The lowest BCUT2D eigenvalue weighted by atomic mass is 10.1. The third kappa shape index (κ3) is 1.07. The van der Waals surface area contributed by atoms with Gasteiger partial charge >= 0.3 is 0 Å². The van der Waals surface area contributed by atoms with Crippen molar-refractivity contribution >= 4 is 23.9 Å². The number of fused-ring (bicyclic) bond motifs is 1. The third-order valence-corrected chi connectivity index (χ3v) is 1.76. The fourth-order valence-corrected chi connectivity index (χ4v) is 1.18. The molecule has 2 aliphatic heterocycles. The van der Waals surface area contributed by atoms with Crippen molar-refractivity contribution in [3.8, 4) is 0 Å². The van der Waals surface area contributed by atoms with Gasteiger partial charge in [0.25, 0.3) is 5.91 Å². The first kappa shape index (κ1) is 7.81. The van der Waals surface area contributed by atoms with Crippen LogP contribution >= 0.6 is 0 Å². The first-order valence-corrected chi connectivity index (χ1v) is 3.67. The van der Waals surface area contributed by atoms with E-state index < -0.39 is 5.91 Å². The fourth-order valence-electron chi connectivity index (χ4n) is 1.18. The Kier molecular flexibility index (Phi) is 1.56. The Morgan fingerprint density at radius 1 is 1.38 bits per heavy atom. The Labute approximate surface area is 73.8 Å². The third-order valence-electron chi connectivity index (χ3n) is 1.76. The summed E-state index contributed by atoms with van der Waals surface area (Å²) in [5, 5.41) is 0. The summed E-state index contributed by atoms with van der Waals surface area (Å²) in [7, 11) is 0. The highest BCUT2D eigenvalue weighted by Crippen LogP contribution is 2.17. The Balaban J connectivity index is 2.54. The van der Waals surface area contributed by atoms with Crippen molar-refractivity contribution in [2.45, 2.75) is 0 Å². The molecular weight excluding hydrogens is 170 g/mol. The van der Waals surface area contributed by atoms with E-state index in [2.05, 4.69) is 15.0 Å². The summed E-state index contributed by atoms with van der Waals surface area (Å²) in [6.07, 6.45) is 1.51. The SMILES string of the molecule is NCC1=C2C(=O)N=C(N)N=C2N=C1. The second kappa shape index (κ2) is 2.60. The van der Waals surface area contributed by atoms with Crippen LogP contribution in [0, 0.1) is 0 Å².